The minimum absolute atomic E-state index is 0.0645. The number of benzene rings is 1. The van der Waals surface area contributed by atoms with Gasteiger partial charge in [0.05, 0.1) is 33.4 Å². The van der Waals surface area contributed by atoms with Crippen molar-refractivity contribution in [2.45, 2.75) is 0 Å². The van der Waals surface area contributed by atoms with Crippen LogP contribution in [0.1, 0.15) is 10.4 Å². The lowest BCUT2D eigenvalue weighted by Gasteiger charge is -2.14. The van der Waals surface area contributed by atoms with E-state index in [-0.39, 0.29) is 12.3 Å². The zero-order valence-corrected chi connectivity index (χ0v) is 10.5. The molecule has 0 unspecified atom stereocenters. The van der Waals surface area contributed by atoms with E-state index in [0.717, 1.165) is 0 Å². The Morgan fingerprint density at radius 3 is 2.24 bits per heavy atom. The lowest BCUT2D eigenvalue weighted by Crippen LogP contribution is -2.19. The molecule has 0 aliphatic rings. The molecule has 0 atom stereocenters. The third-order valence-electron chi connectivity index (χ3n) is 2.34. The van der Waals surface area contributed by atoms with Gasteiger partial charge in [0, 0.05) is 0 Å². The lowest BCUT2D eigenvalue weighted by molar-refractivity contribution is 0.0990. The van der Waals surface area contributed by atoms with Crippen LogP contribution in [0, 0.1) is 0 Å². The number of hydrogen-bond acceptors (Lipinski definition) is 5. The minimum Gasteiger partial charge on any atom is -0.493 e. The van der Waals surface area contributed by atoms with Gasteiger partial charge in [-0.25, -0.2) is 0 Å². The Kier molecular flexibility index (Phi) is 4.78. The lowest BCUT2D eigenvalue weighted by atomic mass is 10.1. The Labute approximate surface area is 101 Å². The normalized spacial score (nSPS) is 9.88. The molecule has 1 N–H and O–H groups in total. The van der Waals surface area contributed by atoms with Gasteiger partial charge in [0.1, 0.15) is 0 Å². The van der Waals surface area contributed by atoms with Crippen molar-refractivity contribution in [2.24, 2.45) is 0 Å². The summed E-state index contributed by atoms with van der Waals surface area (Å²) in [6.07, 6.45) is 0. The van der Waals surface area contributed by atoms with E-state index >= 15 is 0 Å². The second kappa shape index (κ2) is 6.10. The van der Waals surface area contributed by atoms with Crippen molar-refractivity contribution < 1.29 is 19.0 Å². The van der Waals surface area contributed by atoms with Crippen molar-refractivity contribution in [3.63, 3.8) is 0 Å². The first-order valence-electron chi connectivity index (χ1n) is 5.16. The molecule has 17 heavy (non-hydrogen) atoms. The average molecular weight is 239 g/mol. The highest BCUT2D eigenvalue weighted by Crippen LogP contribution is 2.39. The zero-order valence-electron chi connectivity index (χ0n) is 10.5. The van der Waals surface area contributed by atoms with E-state index in [1.807, 2.05) is 0 Å². The third-order valence-corrected chi connectivity index (χ3v) is 2.34. The summed E-state index contributed by atoms with van der Waals surface area (Å²) >= 11 is 0. The first kappa shape index (κ1) is 13.3. The fraction of sp³-hybridized carbons (Fsp3) is 0.417. The molecule has 1 aromatic carbocycles. The maximum atomic E-state index is 11.9. The average Bonchev–Trinajstić information content (AvgIpc) is 2.36. The molecule has 5 heteroatoms. The number of ether oxygens (including phenoxy) is 3. The van der Waals surface area contributed by atoms with Crippen molar-refractivity contribution in [2.75, 3.05) is 34.9 Å². The number of methoxy groups -OCH3 is 3. The van der Waals surface area contributed by atoms with Crippen molar-refractivity contribution in [1.82, 2.24) is 5.32 Å². The molecular formula is C12H17NO4. The monoisotopic (exact) mass is 239 g/mol. The number of rotatable bonds is 6. The van der Waals surface area contributed by atoms with Crippen molar-refractivity contribution in [1.29, 1.82) is 0 Å². The second-order valence-electron chi connectivity index (χ2n) is 3.34. The molecule has 0 spiro atoms. The van der Waals surface area contributed by atoms with Crippen LogP contribution in [0.4, 0.5) is 0 Å². The van der Waals surface area contributed by atoms with Gasteiger partial charge in [-0.05, 0) is 19.2 Å². The van der Waals surface area contributed by atoms with E-state index in [0.29, 0.717) is 22.8 Å². The molecule has 0 aromatic heterocycles. The molecule has 94 valence electrons. The van der Waals surface area contributed by atoms with Crippen LogP contribution in [0.5, 0.6) is 17.2 Å². The Morgan fingerprint density at radius 2 is 1.76 bits per heavy atom. The fourth-order valence-electron chi connectivity index (χ4n) is 1.58. The summed E-state index contributed by atoms with van der Waals surface area (Å²) in [7, 11) is 6.25. The predicted octanol–water partition coefficient (Wildman–Crippen LogP) is 1.11. The second-order valence-corrected chi connectivity index (χ2v) is 3.34. The van der Waals surface area contributed by atoms with Crippen molar-refractivity contribution in [3.8, 4) is 17.2 Å². The summed E-state index contributed by atoms with van der Waals surface area (Å²) < 4.78 is 15.6. The molecule has 0 bridgehead atoms. The van der Waals surface area contributed by atoms with Gasteiger partial charge in [-0.3, -0.25) is 4.79 Å². The first-order valence-corrected chi connectivity index (χ1v) is 5.16. The Balaban J connectivity index is 3.27. The van der Waals surface area contributed by atoms with Crippen molar-refractivity contribution >= 4 is 5.78 Å². The summed E-state index contributed by atoms with van der Waals surface area (Å²) in [6.45, 7) is 0.242. The zero-order chi connectivity index (χ0) is 12.8. The first-order chi connectivity index (χ1) is 8.19. The largest absolute Gasteiger partial charge is 0.493 e. The number of nitrogens with one attached hydrogen (secondary N) is 1. The fourth-order valence-corrected chi connectivity index (χ4v) is 1.58. The summed E-state index contributed by atoms with van der Waals surface area (Å²) in [5, 5.41) is 2.81. The maximum Gasteiger partial charge on any atom is 0.204 e. The number of carbonyl (C=O) groups excluding carboxylic acids is 1. The molecule has 0 radical (unpaired) electrons. The molecule has 0 saturated heterocycles. The molecule has 1 aromatic rings. The summed E-state index contributed by atoms with van der Waals surface area (Å²) in [6, 6.07) is 3.35. The van der Waals surface area contributed by atoms with E-state index in [1.165, 1.54) is 21.3 Å². The molecule has 0 heterocycles. The van der Waals surface area contributed by atoms with Crippen LogP contribution >= 0.6 is 0 Å². The summed E-state index contributed by atoms with van der Waals surface area (Å²) in [5.74, 6) is 1.29. The third kappa shape index (κ3) is 2.68. The highest BCUT2D eigenvalue weighted by molar-refractivity contribution is 6.01. The van der Waals surface area contributed by atoms with E-state index in [1.54, 1.807) is 19.2 Å². The number of likely N-dealkylation sites (N-methyl/N-ethyl adjacent to an activating group) is 1. The van der Waals surface area contributed by atoms with Gasteiger partial charge >= 0.3 is 0 Å². The van der Waals surface area contributed by atoms with Crippen molar-refractivity contribution in [3.05, 3.63) is 17.7 Å². The number of hydrogen-bond donors (Lipinski definition) is 1. The van der Waals surface area contributed by atoms with E-state index in [4.69, 9.17) is 14.2 Å². The van der Waals surface area contributed by atoms with Gasteiger partial charge in [-0.15, -0.1) is 0 Å². The number of carbonyl (C=O) groups is 1. The smallest absolute Gasteiger partial charge is 0.204 e. The number of Topliss-reactive ketones (excluding diaryl/α,β-unsaturated/α-hetero) is 1. The summed E-state index contributed by atoms with van der Waals surface area (Å²) in [5.41, 5.74) is 0.472. The van der Waals surface area contributed by atoms with Crippen LogP contribution in [-0.2, 0) is 0 Å². The Bertz CT molecular complexity index is 404. The SMILES string of the molecule is CNCC(=O)c1ccc(OC)c(OC)c1OC. The van der Waals surface area contributed by atoms with Crippen LogP contribution in [0.2, 0.25) is 0 Å². The van der Waals surface area contributed by atoms with Crippen LogP contribution in [0.3, 0.4) is 0 Å². The molecule has 0 saturated carbocycles. The summed E-state index contributed by atoms with van der Waals surface area (Å²) in [4.78, 5) is 11.9. The Hall–Kier alpha value is -1.75. The van der Waals surface area contributed by atoms with Gasteiger partial charge in [0.25, 0.3) is 0 Å². The maximum absolute atomic E-state index is 11.9. The minimum atomic E-state index is -0.0645. The van der Waals surface area contributed by atoms with E-state index < -0.39 is 0 Å². The molecular weight excluding hydrogens is 222 g/mol. The standard InChI is InChI=1S/C12H17NO4/c1-13-7-9(14)8-5-6-10(15-2)12(17-4)11(8)16-3/h5-6,13H,7H2,1-4H3. The molecule has 0 amide bonds. The highest BCUT2D eigenvalue weighted by Gasteiger charge is 2.19. The van der Waals surface area contributed by atoms with Gasteiger partial charge in [-0.2, -0.15) is 0 Å². The topological polar surface area (TPSA) is 56.8 Å². The van der Waals surface area contributed by atoms with Crippen LogP contribution in [0.15, 0.2) is 12.1 Å². The van der Waals surface area contributed by atoms with Crippen LogP contribution in [-0.4, -0.2) is 40.7 Å². The molecule has 1 rings (SSSR count). The van der Waals surface area contributed by atoms with Gasteiger partial charge in [0.2, 0.25) is 5.75 Å². The predicted molar refractivity (Wildman–Crippen MR) is 64.4 cm³/mol. The molecule has 0 aliphatic heterocycles. The quantitative estimate of drug-likeness (QED) is 0.754. The highest BCUT2D eigenvalue weighted by atomic mass is 16.5. The van der Waals surface area contributed by atoms with Gasteiger partial charge in [-0.1, -0.05) is 0 Å². The van der Waals surface area contributed by atoms with Crippen LogP contribution in [0.25, 0.3) is 0 Å². The van der Waals surface area contributed by atoms with Gasteiger partial charge < -0.3 is 19.5 Å². The van der Waals surface area contributed by atoms with E-state index in [2.05, 4.69) is 5.32 Å². The molecule has 5 nitrogen and oxygen atoms in total. The Morgan fingerprint density at radius 1 is 1.12 bits per heavy atom. The molecule has 0 aliphatic carbocycles. The van der Waals surface area contributed by atoms with E-state index in [9.17, 15) is 4.79 Å². The number of ketones is 1. The van der Waals surface area contributed by atoms with Crippen LogP contribution < -0.4 is 19.5 Å². The van der Waals surface area contributed by atoms with Gasteiger partial charge in [0.15, 0.2) is 17.3 Å². The molecule has 0 fully saturated rings.